The molecule has 1 aliphatic rings. The number of rotatable bonds is 5. The summed E-state index contributed by atoms with van der Waals surface area (Å²) in [5.74, 6) is 0.362. The van der Waals surface area contributed by atoms with Crippen molar-refractivity contribution in [2.24, 2.45) is 0 Å². The number of carbonyl (C=O) groups excluding carboxylic acids is 2. The highest BCUT2D eigenvalue weighted by molar-refractivity contribution is 7.15. The van der Waals surface area contributed by atoms with E-state index >= 15 is 0 Å². The predicted molar refractivity (Wildman–Crippen MR) is 106 cm³/mol. The van der Waals surface area contributed by atoms with Gasteiger partial charge in [0.05, 0.1) is 0 Å². The maximum atomic E-state index is 12.5. The first-order valence-electron chi connectivity index (χ1n) is 9.22. The molecule has 0 saturated carbocycles. The van der Waals surface area contributed by atoms with Crippen LogP contribution in [-0.2, 0) is 4.79 Å². The van der Waals surface area contributed by atoms with Crippen LogP contribution < -0.4 is 10.1 Å². The Kier molecular flexibility index (Phi) is 6.11. The lowest BCUT2D eigenvalue weighted by Crippen LogP contribution is -2.49. The van der Waals surface area contributed by atoms with Gasteiger partial charge in [-0.2, -0.15) is 0 Å². The summed E-state index contributed by atoms with van der Waals surface area (Å²) < 4.78 is 5.64. The zero-order valence-electron chi connectivity index (χ0n) is 15.9. The number of ether oxygens (including phenoxy) is 1. The van der Waals surface area contributed by atoms with E-state index in [1.807, 2.05) is 11.8 Å². The summed E-state index contributed by atoms with van der Waals surface area (Å²) in [6.45, 7) is 6.13. The van der Waals surface area contributed by atoms with Crippen molar-refractivity contribution in [3.8, 4) is 5.75 Å². The number of aryl methyl sites for hydroxylation is 1. The molecule has 0 spiro atoms. The topological polar surface area (TPSA) is 71.5 Å². The second-order valence-electron chi connectivity index (χ2n) is 6.97. The van der Waals surface area contributed by atoms with Crippen LogP contribution in [0.25, 0.3) is 0 Å². The number of thiazole rings is 1. The molecule has 1 aromatic carbocycles. The first kappa shape index (κ1) is 19.4. The van der Waals surface area contributed by atoms with Crippen molar-refractivity contribution in [1.29, 1.82) is 0 Å². The molecule has 1 fully saturated rings. The van der Waals surface area contributed by atoms with Crippen LogP contribution in [-0.4, -0.2) is 40.4 Å². The van der Waals surface area contributed by atoms with Crippen molar-refractivity contribution < 1.29 is 14.3 Å². The van der Waals surface area contributed by atoms with E-state index in [9.17, 15) is 9.59 Å². The minimum absolute atomic E-state index is 0.00987. The minimum Gasteiger partial charge on any atom is -0.484 e. The fourth-order valence-electron chi connectivity index (χ4n) is 3.42. The number of amides is 2. The third kappa shape index (κ3) is 4.86. The van der Waals surface area contributed by atoms with E-state index in [-0.39, 0.29) is 30.5 Å². The zero-order chi connectivity index (χ0) is 19.4. The zero-order valence-corrected chi connectivity index (χ0v) is 16.7. The molecule has 7 heteroatoms. The summed E-state index contributed by atoms with van der Waals surface area (Å²) in [6, 6.07) is 7.29. The Bertz CT molecular complexity index is 793. The Morgan fingerprint density at radius 2 is 1.89 bits per heavy atom. The van der Waals surface area contributed by atoms with Crippen LogP contribution in [0.1, 0.15) is 48.3 Å². The van der Waals surface area contributed by atoms with Crippen molar-refractivity contribution >= 4 is 28.3 Å². The van der Waals surface area contributed by atoms with Gasteiger partial charge >= 0.3 is 0 Å². The molecule has 3 rings (SSSR count). The van der Waals surface area contributed by atoms with Crippen molar-refractivity contribution in [3.63, 3.8) is 0 Å². The number of nitrogens with one attached hydrogen (secondary N) is 1. The van der Waals surface area contributed by atoms with Crippen LogP contribution in [0.4, 0.5) is 5.13 Å². The number of nitrogens with zero attached hydrogens (tertiary/aromatic N) is 2. The fourth-order valence-corrected chi connectivity index (χ4v) is 4.08. The molecule has 1 N–H and O–H groups in total. The van der Waals surface area contributed by atoms with E-state index < -0.39 is 0 Å². The third-order valence-electron chi connectivity index (χ3n) is 4.80. The summed E-state index contributed by atoms with van der Waals surface area (Å²) in [6.07, 6.45) is 4.96. The first-order chi connectivity index (χ1) is 12.9. The monoisotopic (exact) mass is 387 g/mol. The van der Waals surface area contributed by atoms with Crippen LogP contribution in [0, 0.1) is 6.92 Å². The second-order valence-corrected chi connectivity index (χ2v) is 8.21. The first-order valence-corrected chi connectivity index (χ1v) is 10.0. The molecule has 1 aliphatic heterocycles. The summed E-state index contributed by atoms with van der Waals surface area (Å²) >= 11 is 1.43. The van der Waals surface area contributed by atoms with E-state index in [0.29, 0.717) is 16.4 Å². The second kappa shape index (κ2) is 8.52. The summed E-state index contributed by atoms with van der Waals surface area (Å²) in [5, 5.41) is 3.35. The van der Waals surface area contributed by atoms with Gasteiger partial charge in [-0.05, 0) is 64.3 Å². The van der Waals surface area contributed by atoms with E-state index in [4.69, 9.17) is 4.74 Å². The highest BCUT2D eigenvalue weighted by Gasteiger charge is 2.28. The lowest BCUT2D eigenvalue weighted by atomic mass is 9.97. The van der Waals surface area contributed by atoms with E-state index in [0.717, 1.165) is 24.1 Å². The lowest BCUT2D eigenvalue weighted by molar-refractivity contribution is -0.139. The van der Waals surface area contributed by atoms with Gasteiger partial charge in [0, 0.05) is 28.7 Å². The normalized spacial score (nSPS) is 19.6. The molecule has 27 heavy (non-hydrogen) atoms. The van der Waals surface area contributed by atoms with Crippen LogP contribution in [0.15, 0.2) is 30.5 Å². The molecule has 1 saturated heterocycles. The lowest BCUT2D eigenvalue weighted by Gasteiger charge is -2.38. The smallest absolute Gasteiger partial charge is 0.260 e. The Balaban J connectivity index is 1.54. The summed E-state index contributed by atoms with van der Waals surface area (Å²) in [5.41, 5.74) is 0.514. The molecule has 2 amide bonds. The average molecular weight is 388 g/mol. The molecular formula is C20H25N3O3S. The van der Waals surface area contributed by atoms with E-state index in [1.54, 1.807) is 30.5 Å². The molecule has 0 radical (unpaired) electrons. The van der Waals surface area contributed by atoms with Gasteiger partial charge in [-0.1, -0.05) is 0 Å². The Morgan fingerprint density at radius 1 is 1.22 bits per heavy atom. The largest absolute Gasteiger partial charge is 0.484 e. The van der Waals surface area contributed by atoms with Crippen molar-refractivity contribution in [3.05, 3.63) is 40.9 Å². The maximum absolute atomic E-state index is 12.5. The third-order valence-corrected chi connectivity index (χ3v) is 5.63. The minimum atomic E-state index is -0.219. The molecule has 144 valence electrons. The Morgan fingerprint density at radius 3 is 2.48 bits per heavy atom. The molecule has 1 aromatic heterocycles. The van der Waals surface area contributed by atoms with E-state index in [2.05, 4.69) is 24.1 Å². The van der Waals surface area contributed by atoms with Gasteiger partial charge in [0.2, 0.25) is 0 Å². The number of anilines is 1. The predicted octanol–water partition coefficient (Wildman–Crippen LogP) is 3.87. The van der Waals surface area contributed by atoms with Gasteiger partial charge in [0.1, 0.15) is 5.75 Å². The van der Waals surface area contributed by atoms with E-state index in [1.165, 1.54) is 11.3 Å². The number of likely N-dealkylation sites (tertiary alicyclic amines) is 1. The van der Waals surface area contributed by atoms with Crippen LogP contribution >= 0.6 is 11.3 Å². The molecule has 2 aromatic rings. The summed E-state index contributed by atoms with van der Waals surface area (Å²) in [4.78, 5) is 31.8. The summed E-state index contributed by atoms with van der Waals surface area (Å²) in [7, 11) is 0. The molecule has 0 unspecified atom stereocenters. The van der Waals surface area contributed by atoms with Gasteiger partial charge in [-0.3, -0.25) is 14.9 Å². The van der Waals surface area contributed by atoms with Crippen molar-refractivity contribution in [1.82, 2.24) is 9.88 Å². The van der Waals surface area contributed by atoms with Gasteiger partial charge in [0.15, 0.2) is 11.7 Å². The number of benzene rings is 1. The Hall–Kier alpha value is -2.41. The number of hydrogen-bond acceptors (Lipinski definition) is 5. The van der Waals surface area contributed by atoms with Crippen LogP contribution in [0.2, 0.25) is 0 Å². The van der Waals surface area contributed by atoms with Crippen LogP contribution in [0.3, 0.4) is 0 Å². The van der Waals surface area contributed by atoms with Gasteiger partial charge < -0.3 is 9.64 Å². The molecule has 2 heterocycles. The van der Waals surface area contributed by atoms with Gasteiger partial charge in [0.25, 0.3) is 11.8 Å². The number of hydrogen-bond donors (Lipinski definition) is 1. The highest BCUT2D eigenvalue weighted by atomic mass is 32.1. The number of piperidine rings is 1. The average Bonchev–Trinajstić information content (AvgIpc) is 3.05. The number of carbonyl (C=O) groups is 2. The van der Waals surface area contributed by atoms with Gasteiger partial charge in [-0.15, -0.1) is 11.3 Å². The highest BCUT2D eigenvalue weighted by Crippen LogP contribution is 2.23. The number of aromatic nitrogens is 1. The molecular weight excluding hydrogens is 362 g/mol. The fraction of sp³-hybridized carbons (Fsp3) is 0.450. The molecule has 2 atom stereocenters. The maximum Gasteiger partial charge on any atom is 0.260 e. The quantitative estimate of drug-likeness (QED) is 0.845. The molecule has 0 aliphatic carbocycles. The van der Waals surface area contributed by atoms with Crippen molar-refractivity contribution in [2.45, 2.75) is 52.1 Å². The molecule has 6 nitrogen and oxygen atoms in total. The standard InChI is InChI=1S/C20H25N3O3S/c1-13-5-4-6-14(2)23(13)18(24)12-26-17-9-7-16(8-10-17)19(25)22-20-21-11-15(3)27-20/h7-11,13-14H,4-6,12H2,1-3H3,(H,21,22,25)/t13-,14-/m1/s1. The Labute approximate surface area is 163 Å². The molecule has 0 bridgehead atoms. The SMILES string of the molecule is Cc1cnc(NC(=O)c2ccc(OCC(=O)N3[C@H](C)CCC[C@H]3C)cc2)s1. The van der Waals surface area contributed by atoms with Crippen LogP contribution in [0.5, 0.6) is 5.75 Å². The van der Waals surface area contributed by atoms with Crippen molar-refractivity contribution in [2.75, 3.05) is 11.9 Å². The van der Waals surface area contributed by atoms with Gasteiger partial charge in [-0.25, -0.2) is 4.98 Å².